The van der Waals surface area contributed by atoms with Crippen LogP contribution >= 0.6 is 0 Å². The van der Waals surface area contributed by atoms with Crippen LogP contribution in [0.1, 0.15) is 16.7 Å². The summed E-state index contributed by atoms with van der Waals surface area (Å²) in [5, 5.41) is 0. The van der Waals surface area contributed by atoms with Gasteiger partial charge in [-0.1, -0.05) is 36.4 Å². The molecule has 2 aliphatic heterocycles. The van der Waals surface area contributed by atoms with Gasteiger partial charge in [-0.05, 0) is 36.4 Å². The molecule has 0 atom stereocenters. The molecule has 0 N–H and O–H groups in total. The van der Waals surface area contributed by atoms with Gasteiger partial charge in [0.2, 0.25) is 11.6 Å². The van der Waals surface area contributed by atoms with Crippen LogP contribution in [-0.2, 0) is 9.53 Å². The lowest BCUT2D eigenvalue weighted by molar-refractivity contribution is -0.129. The number of fused-ring (bicyclic) bond motifs is 1. The molecular formula is C27H21NO6. The van der Waals surface area contributed by atoms with Gasteiger partial charge in [0.15, 0.2) is 17.2 Å². The molecule has 7 heteroatoms. The molecule has 0 radical (unpaired) electrons. The molecule has 0 aliphatic carbocycles. The third kappa shape index (κ3) is 3.67. The van der Waals surface area contributed by atoms with Gasteiger partial charge in [-0.25, -0.2) is 9.79 Å². The summed E-state index contributed by atoms with van der Waals surface area (Å²) in [6.07, 6.45) is 1.77. The fraction of sp³-hybridized carbons (Fsp3) is 0.111. The lowest BCUT2D eigenvalue weighted by Gasteiger charge is -2.22. The van der Waals surface area contributed by atoms with Crippen molar-refractivity contribution in [2.45, 2.75) is 0 Å². The minimum Gasteiger partial charge on any atom is -0.493 e. The molecule has 0 saturated carbocycles. The number of nitrogens with zero attached hydrogens (tertiary/aromatic N) is 1. The maximum absolute atomic E-state index is 12.9. The Morgan fingerprint density at radius 1 is 0.765 bits per heavy atom. The van der Waals surface area contributed by atoms with E-state index in [2.05, 4.69) is 4.99 Å². The fourth-order valence-electron chi connectivity index (χ4n) is 3.88. The molecule has 0 spiro atoms. The van der Waals surface area contributed by atoms with Crippen molar-refractivity contribution in [2.75, 3.05) is 21.3 Å². The number of benzene rings is 3. The molecule has 3 aromatic rings. The van der Waals surface area contributed by atoms with Gasteiger partial charge in [0, 0.05) is 22.3 Å². The van der Waals surface area contributed by atoms with Crippen LogP contribution < -0.4 is 18.9 Å². The first-order valence-corrected chi connectivity index (χ1v) is 10.5. The van der Waals surface area contributed by atoms with Gasteiger partial charge < -0.3 is 23.7 Å². The molecule has 0 bridgehead atoms. The van der Waals surface area contributed by atoms with Crippen LogP contribution in [0.5, 0.6) is 23.0 Å². The Hall–Kier alpha value is -4.52. The minimum absolute atomic E-state index is 0.208. The summed E-state index contributed by atoms with van der Waals surface area (Å²) in [5.41, 5.74) is 2.95. The van der Waals surface area contributed by atoms with Gasteiger partial charge in [-0.2, -0.15) is 0 Å². The molecule has 7 nitrogen and oxygen atoms in total. The minimum atomic E-state index is -0.522. The van der Waals surface area contributed by atoms with Crippen LogP contribution in [0.15, 0.2) is 83.5 Å². The van der Waals surface area contributed by atoms with Gasteiger partial charge in [0.25, 0.3) is 0 Å². The van der Waals surface area contributed by atoms with Crippen LogP contribution in [0.2, 0.25) is 0 Å². The van der Waals surface area contributed by atoms with Crippen LogP contribution in [0.25, 0.3) is 11.3 Å². The zero-order valence-corrected chi connectivity index (χ0v) is 18.8. The van der Waals surface area contributed by atoms with E-state index in [-0.39, 0.29) is 11.6 Å². The maximum atomic E-state index is 12.9. The number of allylic oxidation sites excluding steroid dienone is 2. The van der Waals surface area contributed by atoms with E-state index in [1.165, 1.54) is 0 Å². The van der Waals surface area contributed by atoms with E-state index in [0.29, 0.717) is 39.9 Å². The number of ether oxygens (including phenoxy) is 5. The highest BCUT2D eigenvalue weighted by atomic mass is 16.6. The summed E-state index contributed by atoms with van der Waals surface area (Å²) in [7, 11) is 4.64. The Kier molecular flexibility index (Phi) is 5.51. The number of carbonyl (C=O) groups is 1. The van der Waals surface area contributed by atoms with Gasteiger partial charge in [0.05, 0.1) is 21.3 Å². The lowest BCUT2D eigenvalue weighted by atomic mass is 9.97. The second-order valence-electron chi connectivity index (χ2n) is 7.46. The number of methoxy groups -OCH3 is 3. The summed E-state index contributed by atoms with van der Waals surface area (Å²) in [6, 6.07) is 20.3. The Morgan fingerprint density at radius 3 is 2.12 bits per heavy atom. The van der Waals surface area contributed by atoms with Crippen LogP contribution in [0, 0.1) is 0 Å². The molecule has 34 heavy (non-hydrogen) atoms. The van der Waals surface area contributed by atoms with Crippen molar-refractivity contribution >= 4 is 23.2 Å². The zero-order chi connectivity index (χ0) is 23.7. The number of para-hydroxylation sites is 1. The SMILES string of the molecule is COc1cc(C2=C/C(=C3/N=C(c4ccccc4)OC3=O)c3ccccc3O2)cc(OC)c1OC. The Labute approximate surface area is 196 Å². The van der Waals surface area contributed by atoms with Gasteiger partial charge in [-0.3, -0.25) is 0 Å². The van der Waals surface area contributed by atoms with E-state index in [1.54, 1.807) is 39.5 Å². The Morgan fingerprint density at radius 2 is 1.44 bits per heavy atom. The maximum Gasteiger partial charge on any atom is 0.364 e. The lowest BCUT2D eigenvalue weighted by Crippen LogP contribution is -2.09. The van der Waals surface area contributed by atoms with Crippen LogP contribution in [0.4, 0.5) is 0 Å². The van der Waals surface area contributed by atoms with E-state index in [9.17, 15) is 4.79 Å². The number of esters is 1. The van der Waals surface area contributed by atoms with Crippen LogP contribution in [-0.4, -0.2) is 33.2 Å². The topological polar surface area (TPSA) is 75.6 Å². The van der Waals surface area contributed by atoms with Crippen LogP contribution in [0.3, 0.4) is 0 Å². The van der Waals surface area contributed by atoms with Crippen molar-refractivity contribution in [2.24, 2.45) is 4.99 Å². The van der Waals surface area contributed by atoms with Crippen molar-refractivity contribution in [3.63, 3.8) is 0 Å². The highest BCUT2D eigenvalue weighted by Crippen LogP contribution is 2.44. The van der Waals surface area contributed by atoms with Crippen molar-refractivity contribution in [3.05, 3.63) is 95.2 Å². The van der Waals surface area contributed by atoms with E-state index in [1.807, 2.05) is 54.6 Å². The average molecular weight is 455 g/mol. The number of hydrogen-bond acceptors (Lipinski definition) is 7. The van der Waals surface area contributed by atoms with E-state index < -0.39 is 5.97 Å². The first-order chi connectivity index (χ1) is 16.6. The van der Waals surface area contributed by atoms with E-state index in [0.717, 1.165) is 11.1 Å². The largest absolute Gasteiger partial charge is 0.493 e. The summed E-state index contributed by atoms with van der Waals surface area (Å²) >= 11 is 0. The number of cyclic esters (lactones) is 1. The highest BCUT2D eigenvalue weighted by molar-refractivity contribution is 6.15. The molecule has 2 aliphatic rings. The molecule has 5 rings (SSSR count). The fourth-order valence-corrected chi connectivity index (χ4v) is 3.88. The Balaban J connectivity index is 1.69. The Bertz CT molecular complexity index is 1350. The van der Waals surface area contributed by atoms with Crippen molar-refractivity contribution < 1.29 is 28.5 Å². The first kappa shape index (κ1) is 21.3. The van der Waals surface area contributed by atoms with Crippen molar-refractivity contribution in [3.8, 4) is 23.0 Å². The zero-order valence-electron chi connectivity index (χ0n) is 18.8. The average Bonchev–Trinajstić information content (AvgIpc) is 3.28. The molecule has 3 aromatic carbocycles. The molecule has 0 aromatic heterocycles. The molecule has 0 unspecified atom stereocenters. The number of rotatable bonds is 5. The highest BCUT2D eigenvalue weighted by Gasteiger charge is 2.31. The van der Waals surface area contributed by atoms with E-state index >= 15 is 0 Å². The summed E-state index contributed by atoms with van der Waals surface area (Å²) in [6.45, 7) is 0. The molecular weight excluding hydrogens is 434 g/mol. The monoisotopic (exact) mass is 455 g/mol. The number of carbonyl (C=O) groups excluding carboxylic acids is 1. The van der Waals surface area contributed by atoms with Gasteiger partial charge in [-0.15, -0.1) is 0 Å². The number of hydrogen-bond donors (Lipinski definition) is 0. The van der Waals surface area contributed by atoms with Crippen molar-refractivity contribution in [1.82, 2.24) is 0 Å². The summed E-state index contributed by atoms with van der Waals surface area (Å²) in [5.74, 6) is 2.27. The molecule has 2 heterocycles. The predicted molar refractivity (Wildman–Crippen MR) is 127 cm³/mol. The standard InChI is InChI=1S/C27H21NO6/c1-30-22-13-17(14-23(31-2)25(22)32-3)21-15-19(18-11-7-8-12-20(18)33-21)24-27(29)34-26(28-24)16-9-5-4-6-10-16/h4-15H,1-3H3/b24-19-. The van der Waals surface area contributed by atoms with E-state index in [4.69, 9.17) is 23.7 Å². The van der Waals surface area contributed by atoms with Gasteiger partial charge in [0.1, 0.15) is 11.5 Å². The molecule has 0 amide bonds. The normalized spacial score (nSPS) is 16.6. The first-order valence-electron chi connectivity index (χ1n) is 10.5. The second kappa shape index (κ2) is 8.78. The molecule has 0 saturated heterocycles. The smallest absolute Gasteiger partial charge is 0.364 e. The molecule has 170 valence electrons. The third-order valence-corrected chi connectivity index (χ3v) is 5.49. The summed E-state index contributed by atoms with van der Waals surface area (Å²) in [4.78, 5) is 17.4. The third-order valence-electron chi connectivity index (χ3n) is 5.49. The quantitative estimate of drug-likeness (QED) is 0.404. The molecule has 0 fully saturated rings. The predicted octanol–water partition coefficient (Wildman–Crippen LogP) is 4.86. The summed E-state index contributed by atoms with van der Waals surface area (Å²) < 4.78 is 28.1. The van der Waals surface area contributed by atoms with Gasteiger partial charge >= 0.3 is 5.97 Å². The van der Waals surface area contributed by atoms with Crippen molar-refractivity contribution in [1.29, 1.82) is 0 Å². The number of aliphatic imine (C=N–C) groups is 1. The second-order valence-corrected chi connectivity index (χ2v) is 7.46.